The van der Waals surface area contributed by atoms with Crippen molar-refractivity contribution in [3.05, 3.63) is 29.8 Å². The van der Waals surface area contributed by atoms with Crippen molar-refractivity contribution in [1.82, 2.24) is 15.5 Å². The van der Waals surface area contributed by atoms with Crippen LogP contribution in [0, 0.1) is 0 Å². The molecule has 6 heteroatoms. The highest BCUT2D eigenvalue weighted by Gasteiger charge is 2.23. The highest BCUT2D eigenvalue weighted by atomic mass is 16.5. The average molecular weight is 348 g/mol. The molecule has 0 aromatic heterocycles. The standard InChI is InChI=1S/C19H32N4O2/c1-5-15(2)22-19(20-3)21-14-18(23-10-12-25-13-11-23)16-6-8-17(24-4)9-7-16/h6-9,15,18H,5,10-14H2,1-4H3,(H2,20,21,22). The third-order valence-corrected chi connectivity index (χ3v) is 4.67. The van der Waals surface area contributed by atoms with E-state index in [-0.39, 0.29) is 6.04 Å². The van der Waals surface area contributed by atoms with Crippen molar-refractivity contribution in [3.63, 3.8) is 0 Å². The molecule has 140 valence electrons. The Morgan fingerprint density at radius 1 is 1.28 bits per heavy atom. The first-order valence-electron chi connectivity index (χ1n) is 9.10. The molecule has 1 heterocycles. The first-order chi connectivity index (χ1) is 12.2. The number of guanidine groups is 1. The summed E-state index contributed by atoms with van der Waals surface area (Å²) in [5.41, 5.74) is 1.27. The topological polar surface area (TPSA) is 58.1 Å². The Kier molecular flexibility index (Phi) is 8.01. The predicted molar refractivity (Wildman–Crippen MR) is 102 cm³/mol. The average Bonchev–Trinajstić information content (AvgIpc) is 2.68. The molecule has 6 nitrogen and oxygen atoms in total. The summed E-state index contributed by atoms with van der Waals surface area (Å²) in [7, 11) is 3.51. The van der Waals surface area contributed by atoms with Crippen LogP contribution in [0.1, 0.15) is 31.9 Å². The second kappa shape index (κ2) is 10.3. The van der Waals surface area contributed by atoms with Gasteiger partial charge in [-0.05, 0) is 31.0 Å². The van der Waals surface area contributed by atoms with Crippen LogP contribution in [0.4, 0.5) is 0 Å². The summed E-state index contributed by atoms with van der Waals surface area (Å²) in [5, 5.41) is 6.90. The van der Waals surface area contributed by atoms with Gasteiger partial charge in [0.25, 0.3) is 0 Å². The van der Waals surface area contributed by atoms with E-state index in [9.17, 15) is 0 Å². The van der Waals surface area contributed by atoms with E-state index in [0.717, 1.165) is 51.0 Å². The molecule has 0 amide bonds. The van der Waals surface area contributed by atoms with Crippen molar-refractivity contribution in [3.8, 4) is 5.75 Å². The third kappa shape index (κ3) is 5.90. The Labute approximate surface area is 151 Å². The van der Waals surface area contributed by atoms with Gasteiger partial charge in [-0.1, -0.05) is 19.1 Å². The molecule has 0 aliphatic carbocycles. The van der Waals surface area contributed by atoms with E-state index in [1.165, 1.54) is 5.56 Å². The molecule has 1 aromatic rings. The summed E-state index contributed by atoms with van der Waals surface area (Å²) in [4.78, 5) is 6.81. The third-order valence-electron chi connectivity index (χ3n) is 4.67. The van der Waals surface area contributed by atoms with E-state index >= 15 is 0 Å². The molecule has 1 aromatic carbocycles. The lowest BCUT2D eigenvalue weighted by atomic mass is 10.0. The van der Waals surface area contributed by atoms with Gasteiger partial charge in [0.1, 0.15) is 5.75 Å². The number of ether oxygens (including phenoxy) is 2. The number of rotatable bonds is 7. The highest BCUT2D eigenvalue weighted by molar-refractivity contribution is 5.79. The summed E-state index contributed by atoms with van der Waals surface area (Å²) in [6.07, 6.45) is 1.06. The van der Waals surface area contributed by atoms with Crippen LogP contribution in [-0.4, -0.2) is 63.9 Å². The van der Waals surface area contributed by atoms with Crippen molar-refractivity contribution in [2.75, 3.05) is 47.0 Å². The maximum atomic E-state index is 5.52. The summed E-state index contributed by atoms with van der Waals surface area (Å²) in [6.45, 7) is 8.57. The van der Waals surface area contributed by atoms with E-state index in [0.29, 0.717) is 6.04 Å². The molecule has 1 aliphatic heterocycles. The van der Waals surface area contributed by atoms with Crippen molar-refractivity contribution >= 4 is 5.96 Å². The Hall–Kier alpha value is -1.79. The van der Waals surface area contributed by atoms with Crippen molar-refractivity contribution < 1.29 is 9.47 Å². The Balaban J connectivity index is 2.08. The zero-order valence-corrected chi connectivity index (χ0v) is 15.9. The van der Waals surface area contributed by atoms with Crippen molar-refractivity contribution in [2.24, 2.45) is 4.99 Å². The van der Waals surface area contributed by atoms with Gasteiger partial charge in [0.05, 0.1) is 26.4 Å². The number of morpholine rings is 1. The van der Waals surface area contributed by atoms with Gasteiger partial charge in [-0.3, -0.25) is 9.89 Å². The Morgan fingerprint density at radius 3 is 2.52 bits per heavy atom. The number of nitrogens with one attached hydrogen (secondary N) is 2. The Morgan fingerprint density at radius 2 is 1.96 bits per heavy atom. The van der Waals surface area contributed by atoms with Crippen LogP contribution in [-0.2, 0) is 4.74 Å². The van der Waals surface area contributed by atoms with Crippen molar-refractivity contribution in [1.29, 1.82) is 0 Å². The molecule has 2 N–H and O–H groups in total. The minimum atomic E-state index is 0.269. The van der Waals surface area contributed by atoms with Gasteiger partial charge in [0.2, 0.25) is 0 Å². The molecule has 2 unspecified atom stereocenters. The zero-order valence-electron chi connectivity index (χ0n) is 15.9. The SMILES string of the molecule is CCC(C)NC(=NC)NCC(c1ccc(OC)cc1)N1CCOCC1. The summed E-state index contributed by atoms with van der Waals surface area (Å²) in [6, 6.07) is 9.00. The molecule has 25 heavy (non-hydrogen) atoms. The lowest BCUT2D eigenvalue weighted by Crippen LogP contribution is -2.47. The molecule has 0 radical (unpaired) electrons. The van der Waals surface area contributed by atoms with Crippen LogP contribution in [0.25, 0.3) is 0 Å². The van der Waals surface area contributed by atoms with Gasteiger partial charge in [-0.15, -0.1) is 0 Å². The number of benzene rings is 1. The zero-order chi connectivity index (χ0) is 18.1. The fraction of sp³-hybridized carbons (Fsp3) is 0.632. The number of hydrogen-bond donors (Lipinski definition) is 2. The number of nitrogens with zero attached hydrogens (tertiary/aromatic N) is 2. The molecular weight excluding hydrogens is 316 g/mol. The van der Waals surface area contributed by atoms with E-state index in [1.54, 1.807) is 7.11 Å². The molecule has 2 rings (SSSR count). The highest BCUT2D eigenvalue weighted by Crippen LogP contribution is 2.23. The molecule has 2 atom stereocenters. The molecule has 0 saturated carbocycles. The second-order valence-corrected chi connectivity index (χ2v) is 6.34. The number of methoxy groups -OCH3 is 1. The molecule has 1 aliphatic rings. The quantitative estimate of drug-likeness (QED) is 0.583. The minimum Gasteiger partial charge on any atom is -0.497 e. The lowest BCUT2D eigenvalue weighted by molar-refractivity contribution is 0.0170. The lowest BCUT2D eigenvalue weighted by Gasteiger charge is -2.35. The summed E-state index contributed by atoms with van der Waals surface area (Å²) in [5.74, 6) is 1.73. The van der Waals surface area contributed by atoms with Crippen LogP contribution in [0.5, 0.6) is 5.75 Å². The fourth-order valence-electron chi connectivity index (χ4n) is 2.90. The van der Waals surface area contributed by atoms with Gasteiger partial charge in [0.15, 0.2) is 5.96 Å². The molecule has 1 fully saturated rings. The van der Waals surface area contributed by atoms with E-state index in [1.807, 2.05) is 19.2 Å². The van der Waals surface area contributed by atoms with Gasteiger partial charge in [0, 0.05) is 32.7 Å². The van der Waals surface area contributed by atoms with Gasteiger partial charge >= 0.3 is 0 Å². The number of hydrogen-bond acceptors (Lipinski definition) is 4. The Bertz CT molecular complexity index is 527. The van der Waals surface area contributed by atoms with Gasteiger partial charge in [-0.2, -0.15) is 0 Å². The molecular formula is C19H32N4O2. The monoisotopic (exact) mass is 348 g/mol. The van der Waals surface area contributed by atoms with Crippen LogP contribution in [0.2, 0.25) is 0 Å². The number of aliphatic imine (C=N–C) groups is 1. The summed E-state index contributed by atoms with van der Waals surface area (Å²) >= 11 is 0. The molecule has 0 bridgehead atoms. The van der Waals surface area contributed by atoms with E-state index in [2.05, 4.69) is 46.5 Å². The first-order valence-corrected chi connectivity index (χ1v) is 9.10. The van der Waals surface area contributed by atoms with E-state index in [4.69, 9.17) is 9.47 Å². The maximum absolute atomic E-state index is 5.52. The largest absolute Gasteiger partial charge is 0.497 e. The maximum Gasteiger partial charge on any atom is 0.191 e. The smallest absolute Gasteiger partial charge is 0.191 e. The first kappa shape index (κ1) is 19.5. The van der Waals surface area contributed by atoms with Gasteiger partial charge < -0.3 is 20.1 Å². The van der Waals surface area contributed by atoms with E-state index < -0.39 is 0 Å². The van der Waals surface area contributed by atoms with Crippen LogP contribution in [0.15, 0.2) is 29.3 Å². The summed E-state index contributed by atoms with van der Waals surface area (Å²) < 4.78 is 10.8. The van der Waals surface area contributed by atoms with Crippen LogP contribution >= 0.6 is 0 Å². The normalized spacial score (nSPS) is 18.5. The van der Waals surface area contributed by atoms with Crippen LogP contribution in [0.3, 0.4) is 0 Å². The predicted octanol–water partition coefficient (Wildman–Crippen LogP) is 2.03. The van der Waals surface area contributed by atoms with Crippen LogP contribution < -0.4 is 15.4 Å². The van der Waals surface area contributed by atoms with Gasteiger partial charge in [-0.25, -0.2) is 0 Å². The second-order valence-electron chi connectivity index (χ2n) is 6.34. The molecule has 1 saturated heterocycles. The minimum absolute atomic E-state index is 0.269. The van der Waals surface area contributed by atoms with Crippen molar-refractivity contribution in [2.45, 2.75) is 32.4 Å². The fourth-order valence-corrected chi connectivity index (χ4v) is 2.90. The molecule has 0 spiro atoms.